The summed E-state index contributed by atoms with van der Waals surface area (Å²) >= 11 is 5.22. The Morgan fingerprint density at radius 3 is 2.86 bits per heavy atom. The van der Waals surface area contributed by atoms with Crippen LogP contribution in [-0.4, -0.2) is 12.1 Å². The predicted molar refractivity (Wildman–Crippen MR) is 90.9 cm³/mol. The zero-order chi connectivity index (χ0) is 14.7. The number of hydrogen-bond acceptors (Lipinski definition) is 4. The number of nitrogens with one attached hydrogen (secondary N) is 1. The van der Waals surface area contributed by atoms with E-state index in [0.29, 0.717) is 0 Å². The van der Waals surface area contributed by atoms with E-state index >= 15 is 0 Å². The van der Waals surface area contributed by atoms with Crippen molar-refractivity contribution < 1.29 is 4.74 Å². The van der Waals surface area contributed by atoms with Crippen LogP contribution in [-0.2, 0) is 13.1 Å². The second-order valence-electron chi connectivity index (χ2n) is 4.64. The molecular weight excluding hydrogens is 348 g/mol. The highest BCUT2D eigenvalue weighted by Crippen LogP contribution is 2.24. The third kappa shape index (κ3) is 3.43. The molecule has 0 amide bonds. The molecule has 0 fully saturated rings. The van der Waals surface area contributed by atoms with Gasteiger partial charge in [-0.15, -0.1) is 11.3 Å². The first-order valence-electron chi connectivity index (χ1n) is 6.64. The van der Waals surface area contributed by atoms with Crippen LogP contribution in [0.2, 0.25) is 0 Å². The molecule has 0 radical (unpaired) electrons. The van der Waals surface area contributed by atoms with Crippen molar-refractivity contribution in [2.45, 2.75) is 13.1 Å². The van der Waals surface area contributed by atoms with Crippen molar-refractivity contribution in [3.63, 3.8) is 0 Å². The lowest BCUT2D eigenvalue weighted by Crippen LogP contribution is -2.13. The fourth-order valence-electron chi connectivity index (χ4n) is 2.18. The fourth-order valence-corrected chi connectivity index (χ4v) is 3.53. The van der Waals surface area contributed by atoms with E-state index in [1.807, 2.05) is 30.3 Å². The number of thiazole rings is 1. The van der Waals surface area contributed by atoms with E-state index in [0.717, 1.165) is 39.4 Å². The second kappa shape index (κ2) is 6.56. The number of methoxy groups -OCH3 is 1. The first-order chi connectivity index (χ1) is 10.3. The summed E-state index contributed by atoms with van der Waals surface area (Å²) in [6.07, 6.45) is 0. The van der Waals surface area contributed by atoms with E-state index in [9.17, 15) is 0 Å². The van der Waals surface area contributed by atoms with Crippen molar-refractivity contribution in [3.05, 3.63) is 57.5 Å². The largest absolute Gasteiger partial charge is 0.496 e. The topological polar surface area (TPSA) is 34.1 Å². The number of para-hydroxylation sites is 1. The summed E-state index contributed by atoms with van der Waals surface area (Å²) in [6.45, 7) is 1.51. The summed E-state index contributed by atoms with van der Waals surface area (Å²) in [4.78, 5) is 4.62. The molecule has 0 atom stereocenters. The molecule has 0 aliphatic carbocycles. The maximum atomic E-state index is 5.38. The number of ether oxygens (including phenoxy) is 1. The molecule has 1 N–H and O–H groups in total. The van der Waals surface area contributed by atoms with Gasteiger partial charge in [-0.25, -0.2) is 4.98 Å². The molecule has 0 saturated heterocycles. The molecule has 1 heterocycles. The Hall–Kier alpha value is -1.43. The molecule has 0 aliphatic heterocycles. The third-order valence-electron chi connectivity index (χ3n) is 3.17. The SMILES string of the molecule is COc1ccc(Br)cc1CNCc1nc2ccccc2s1. The molecule has 21 heavy (non-hydrogen) atoms. The molecule has 0 saturated carbocycles. The number of halogens is 1. The van der Waals surface area contributed by atoms with Crippen LogP contribution in [0.4, 0.5) is 0 Å². The van der Waals surface area contributed by atoms with Gasteiger partial charge in [0, 0.05) is 23.1 Å². The van der Waals surface area contributed by atoms with Crippen molar-refractivity contribution in [2.75, 3.05) is 7.11 Å². The number of aromatic nitrogens is 1. The van der Waals surface area contributed by atoms with E-state index < -0.39 is 0 Å². The standard InChI is InChI=1S/C16H15BrN2OS/c1-20-14-7-6-12(17)8-11(14)9-18-10-16-19-13-4-2-3-5-15(13)21-16/h2-8,18H,9-10H2,1H3. The Kier molecular flexibility index (Phi) is 4.53. The van der Waals surface area contributed by atoms with Crippen molar-refractivity contribution in [3.8, 4) is 5.75 Å². The molecule has 3 rings (SSSR count). The highest BCUT2D eigenvalue weighted by molar-refractivity contribution is 9.10. The van der Waals surface area contributed by atoms with Gasteiger partial charge in [0.1, 0.15) is 10.8 Å². The second-order valence-corrected chi connectivity index (χ2v) is 6.67. The number of nitrogens with zero attached hydrogens (tertiary/aromatic N) is 1. The van der Waals surface area contributed by atoms with Crippen molar-refractivity contribution in [1.82, 2.24) is 10.3 Å². The van der Waals surface area contributed by atoms with E-state index in [1.54, 1.807) is 18.4 Å². The Morgan fingerprint density at radius 2 is 2.05 bits per heavy atom. The van der Waals surface area contributed by atoms with Gasteiger partial charge in [0.25, 0.3) is 0 Å². The Labute approximate surface area is 136 Å². The zero-order valence-corrected chi connectivity index (χ0v) is 14.0. The molecule has 5 heteroatoms. The Morgan fingerprint density at radius 1 is 1.19 bits per heavy atom. The minimum Gasteiger partial charge on any atom is -0.496 e. The minimum atomic E-state index is 0.749. The first kappa shape index (κ1) is 14.5. The smallest absolute Gasteiger partial charge is 0.123 e. The lowest BCUT2D eigenvalue weighted by atomic mass is 10.2. The highest BCUT2D eigenvalue weighted by atomic mass is 79.9. The molecule has 0 bridgehead atoms. The summed E-state index contributed by atoms with van der Waals surface area (Å²) in [5.41, 5.74) is 2.20. The average Bonchev–Trinajstić information content (AvgIpc) is 2.90. The summed E-state index contributed by atoms with van der Waals surface area (Å²) in [6, 6.07) is 14.2. The summed E-state index contributed by atoms with van der Waals surface area (Å²) < 4.78 is 7.66. The fraction of sp³-hybridized carbons (Fsp3) is 0.188. The molecule has 0 unspecified atom stereocenters. The average molecular weight is 363 g/mol. The van der Waals surface area contributed by atoms with Gasteiger partial charge in [-0.3, -0.25) is 0 Å². The van der Waals surface area contributed by atoms with Crippen LogP contribution in [0.25, 0.3) is 10.2 Å². The van der Waals surface area contributed by atoms with Gasteiger partial charge in [0.2, 0.25) is 0 Å². The molecule has 0 aliphatic rings. The lowest BCUT2D eigenvalue weighted by molar-refractivity contribution is 0.407. The number of hydrogen-bond donors (Lipinski definition) is 1. The van der Waals surface area contributed by atoms with Crippen molar-refractivity contribution in [1.29, 1.82) is 0 Å². The molecule has 108 valence electrons. The van der Waals surface area contributed by atoms with Gasteiger partial charge in [0.05, 0.1) is 17.3 Å². The van der Waals surface area contributed by atoms with Gasteiger partial charge < -0.3 is 10.1 Å². The van der Waals surface area contributed by atoms with Crippen LogP contribution in [0.15, 0.2) is 46.9 Å². The Balaban J connectivity index is 1.67. The summed E-state index contributed by atoms with van der Waals surface area (Å²) in [5.74, 6) is 0.898. The van der Waals surface area contributed by atoms with Crippen LogP contribution in [0.5, 0.6) is 5.75 Å². The van der Waals surface area contributed by atoms with Crippen LogP contribution in [0.3, 0.4) is 0 Å². The van der Waals surface area contributed by atoms with E-state index in [-0.39, 0.29) is 0 Å². The highest BCUT2D eigenvalue weighted by Gasteiger charge is 2.05. The van der Waals surface area contributed by atoms with Gasteiger partial charge in [0.15, 0.2) is 0 Å². The molecular formula is C16H15BrN2OS. The lowest BCUT2D eigenvalue weighted by Gasteiger charge is -2.09. The van der Waals surface area contributed by atoms with Gasteiger partial charge in [-0.05, 0) is 30.3 Å². The zero-order valence-electron chi connectivity index (χ0n) is 11.6. The number of fused-ring (bicyclic) bond motifs is 1. The maximum absolute atomic E-state index is 5.38. The van der Waals surface area contributed by atoms with Crippen LogP contribution in [0.1, 0.15) is 10.6 Å². The normalized spacial score (nSPS) is 11.0. The molecule has 1 aromatic heterocycles. The summed E-state index contributed by atoms with van der Waals surface area (Å²) in [5, 5.41) is 4.53. The molecule has 3 aromatic rings. The minimum absolute atomic E-state index is 0.749. The maximum Gasteiger partial charge on any atom is 0.123 e. The van der Waals surface area contributed by atoms with E-state index in [4.69, 9.17) is 4.74 Å². The van der Waals surface area contributed by atoms with Gasteiger partial charge in [-0.2, -0.15) is 0 Å². The van der Waals surface area contributed by atoms with Crippen molar-refractivity contribution >= 4 is 37.5 Å². The van der Waals surface area contributed by atoms with Crippen molar-refractivity contribution in [2.24, 2.45) is 0 Å². The molecule has 2 aromatic carbocycles. The van der Waals surface area contributed by atoms with Gasteiger partial charge in [-0.1, -0.05) is 28.1 Å². The Bertz CT molecular complexity index is 724. The van der Waals surface area contributed by atoms with Crippen LogP contribution >= 0.6 is 27.3 Å². The third-order valence-corrected chi connectivity index (χ3v) is 4.70. The first-order valence-corrected chi connectivity index (χ1v) is 8.25. The van der Waals surface area contributed by atoms with Gasteiger partial charge >= 0.3 is 0 Å². The molecule has 3 nitrogen and oxygen atoms in total. The summed E-state index contributed by atoms with van der Waals surface area (Å²) in [7, 11) is 1.69. The van der Waals surface area contributed by atoms with Crippen LogP contribution < -0.4 is 10.1 Å². The van der Waals surface area contributed by atoms with E-state index in [1.165, 1.54) is 4.70 Å². The molecule has 0 spiro atoms. The predicted octanol–water partition coefficient (Wildman–Crippen LogP) is 4.36. The number of benzene rings is 2. The van der Waals surface area contributed by atoms with Crippen LogP contribution in [0, 0.1) is 0 Å². The number of rotatable bonds is 5. The van der Waals surface area contributed by atoms with E-state index in [2.05, 4.69) is 38.4 Å². The monoisotopic (exact) mass is 362 g/mol. The quantitative estimate of drug-likeness (QED) is 0.732.